The molecule has 4 heteroatoms. The molecule has 4 nitrogen and oxygen atoms in total. The van der Waals surface area contributed by atoms with Crippen LogP contribution in [0.3, 0.4) is 0 Å². The van der Waals surface area contributed by atoms with Gasteiger partial charge in [0, 0.05) is 38.1 Å². The summed E-state index contributed by atoms with van der Waals surface area (Å²) in [5.41, 5.74) is 2.64. The highest BCUT2D eigenvalue weighted by molar-refractivity contribution is 5.21. The van der Waals surface area contributed by atoms with Crippen LogP contribution >= 0.6 is 0 Å². The molecule has 1 unspecified atom stereocenters. The molecular formula is C16H29N3O. The minimum atomic E-state index is 0.446. The van der Waals surface area contributed by atoms with E-state index in [2.05, 4.69) is 30.5 Å². The van der Waals surface area contributed by atoms with E-state index in [-0.39, 0.29) is 0 Å². The van der Waals surface area contributed by atoms with E-state index in [1.54, 1.807) is 0 Å². The molecular weight excluding hydrogens is 250 g/mol. The average molecular weight is 279 g/mol. The van der Waals surface area contributed by atoms with E-state index in [0.717, 1.165) is 32.1 Å². The van der Waals surface area contributed by atoms with Crippen LogP contribution in [0.4, 0.5) is 0 Å². The molecule has 0 bridgehead atoms. The third kappa shape index (κ3) is 4.06. The lowest BCUT2D eigenvalue weighted by atomic mass is 9.89. The minimum Gasteiger partial charge on any atom is -0.381 e. The third-order valence-corrected chi connectivity index (χ3v) is 4.20. The summed E-state index contributed by atoms with van der Waals surface area (Å²) in [5, 5.41) is 8.33. The monoisotopic (exact) mass is 279 g/mol. The second kappa shape index (κ2) is 7.79. The Bertz CT molecular complexity index is 396. The van der Waals surface area contributed by atoms with E-state index < -0.39 is 0 Å². The Labute approximate surface area is 122 Å². The molecule has 0 saturated carbocycles. The number of rotatable bonds is 7. The van der Waals surface area contributed by atoms with Gasteiger partial charge < -0.3 is 10.1 Å². The van der Waals surface area contributed by atoms with E-state index in [9.17, 15) is 0 Å². The zero-order chi connectivity index (χ0) is 14.4. The Morgan fingerprint density at radius 2 is 2.15 bits per heavy atom. The summed E-state index contributed by atoms with van der Waals surface area (Å²) in [5.74, 6) is 0.781. The molecule has 1 N–H and O–H groups in total. The Morgan fingerprint density at radius 1 is 1.40 bits per heavy atom. The zero-order valence-corrected chi connectivity index (χ0v) is 13.2. The summed E-state index contributed by atoms with van der Waals surface area (Å²) in [4.78, 5) is 0. The number of aromatic nitrogens is 2. The quantitative estimate of drug-likeness (QED) is 0.834. The molecule has 0 aromatic carbocycles. The van der Waals surface area contributed by atoms with Crippen molar-refractivity contribution in [3.63, 3.8) is 0 Å². The molecule has 114 valence electrons. The van der Waals surface area contributed by atoms with Gasteiger partial charge in [-0.2, -0.15) is 5.10 Å². The minimum absolute atomic E-state index is 0.446. The van der Waals surface area contributed by atoms with Crippen LogP contribution in [0.25, 0.3) is 0 Å². The topological polar surface area (TPSA) is 39.1 Å². The van der Waals surface area contributed by atoms with E-state index in [4.69, 9.17) is 4.74 Å². The van der Waals surface area contributed by atoms with Gasteiger partial charge in [0.25, 0.3) is 0 Å². The molecule has 1 aromatic rings. The van der Waals surface area contributed by atoms with Gasteiger partial charge in [0.2, 0.25) is 0 Å². The van der Waals surface area contributed by atoms with Gasteiger partial charge in [-0.1, -0.05) is 13.8 Å². The van der Waals surface area contributed by atoms with E-state index >= 15 is 0 Å². The lowest BCUT2D eigenvalue weighted by molar-refractivity contribution is 0.0605. The first kappa shape index (κ1) is 15.5. The van der Waals surface area contributed by atoms with Crippen LogP contribution in [0.1, 0.15) is 56.8 Å². The number of nitrogens with zero attached hydrogens (tertiary/aromatic N) is 2. The van der Waals surface area contributed by atoms with Crippen molar-refractivity contribution >= 4 is 0 Å². The summed E-state index contributed by atoms with van der Waals surface area (Å²) in [7, 11) is 2.02. The van der Waals surface area contributed by atoms with Gasteiger partial charge in [0.05, 0.1) is 5.69 Å². The second-order valence-electron chi connectivity index (χ2n) is 5.86. The predicted molar refractivity (Wildman–Crippen MR) is 81.8 cm³/mol. The Balaban J connectivity index is 2.08. The molecule has 20 heavy (non-hydrogen) atoms. The number of ether oxygens (including phenoxy) is 1. The van der Waals surface area contributed by atoms with Crippen LogP contribution in [-0.4, -0.2) is 29.5 Å². The summed E-state index contributed by atoms with van der Waals surface area (Å²) < 4.78 is 7.44. The van der Waals surface area contributed by atoms with Crippen LogP contribution in [0, 0.1) is 5.92 Å². The Morgan fingerprint density at radius 3 is 2.80 bits per heavy atom. The SMILES string of the molecule is CCCNC(CC1CCOCC1)c1cn(C)nc1CC. The summed E-state index contributed by atoms with van der Waals surface area (Å²) in [6.45, 7) is 7.35. The lowest BCUT2D eigenvalue weighted by Gasteiger charge is -2.27. The molecule has 1 saturated heterocycles. The molecule has 1 aromatic heterocycles. The van der Waals surface area contributed by atoms with Crippen LogP contribution in [0.15, 0.2) is 6.20 Å². The summed E-state index contributed by atoms with van der Waals surface area (Å²) in [6.07, 6.45) is 7.99. The van der Waals surface area contributed by atoms with Crippen LogP contribution in [0.2, 0.25) is 0 Å². The normalized spacial score (nSPS) is 18.4. The van der Waals surface area contributed by atoms with E-state index in [0.29, 0.717) is 6.04 Å². The maximum atomic E-state index is 5.48. The van der Waals surface area contributed by atoms with Crippen molar-refractivity contribution in [1.29, 1.82) is 0 Å². The van der Waals surface area contributed by atoms with Crippen molar-refractivity contribution in [2.75, 3.05) is 19.8 Å². The fraction of sp³-hybridized carbons (Fsp3) is 0.812. The van der Waals surface area contributed by atoms with Gasteiger partial charge in [-0.3, -0.25) is 4.68 Å². The Hall–Kier alpha value is -0.870. The van der Waals surface area contributed by atoms with E-state index in [1.165, 1.54) is 36.9 Å². The van der Waals surface area contributed by atoms with Crippen molar-refractivity contribution < 1.29 is 4.74 Å². The van der Waals surface area contributed by atoms with Gasteiger partial charge >= 0.3 is 0 Å². The standard InChI is InChI=1S/C16H29N3O/c1-4-8-17-16(11-13-6-9-20-10-7-13)14-12-19(3)18-15(14)5-2/h12-13,16-17H,4-11H2,1-3H3. The molecule has 1 fully saturated rings. The zero-order valence-electron chi connectivity index (χ0n) is 13.2. The smallest absolute Gasteiger partial charge is 0.0669 e. The fourth-order valence-electron chi connectivity index (χ4n) is 3.07. The molecule has 0 amide bonds. The van der Waals surface area contributed by atoms with Crippen molar-refractivity contribution in [1.82, 2.24) is 15.1 Å². The maximum absolute atomic E-state index is 5.48. The van der Waals surface area contributed by atoms with Gasteiger partial charge in [-0.15, -0.1) is 0 Å². The number of aryl methyl sites for hydroxylation is 2. The second-order valence-corrected chi connectivity index (χ2v) is 5.86. The maximum Gasteiger partial charge on any atom is 0.0669 e. The first-order valence-electron chi connectivity index (χ1n) is 8.08. The van der Waals surface area contributed by atoms with Gasteiger partial charge in [0.1, 0.15) is 0 Å². The molecule has 1 aliphatic rings. The predicted octanol–water partition coefficient (Wildman–Crippen LogP) is 2.84. The highest BCUT2D eigenvalue weighted by Gasteiger charge is 2.23. The van der Waals surface area contributed by atoms with Gasteiger partial charge in [-0.05, 0) is 44.6 Å². The molecule has 0 radical (unpaired) electrons. The number of hydrogen-bond donors (Lipinski definition) is 1. The molecule has 0 aliphatic carbocycles. The third-order valence-electron chi connectivity index (χ3n) is 4.20. The van der Waals surface area contributed by atoms with Gasteiger partial charge in [-0.25, -0.2) is 0 Å². The van der Waals surface area contributed by atoms with Crippen molar-refractivity contribution in [2.45, 2.75) is 52.0 Å². The molecule has 0 spiro atoms. The largest absolute Gasteiger partial charge is 0.381 e. The number of hydrogen-bond acceptors (Lipinski definition) is 3. The highest BCUT2D eigenvalue weighted by Crippen LogP contribution is 2.29. The van der Waals surface area contributed by atoms with Gasteiger partial charge in [0.15, 0.2) is 0 Å². The van der Waals surface area contributed by atoms with Crippen LogP contribution in [-0.2, 0) is 18.2 Å². The first-order chi connectivity index (χ1) is 9.74. The fourth-order valence-corrected chi connectivity index (χ4v) is 3.07. The molecule has 2 heterocycles. The van der Waals surface area contributed by atoms with E-state index in [1.807, 2.05) is 11.7 Å². The Kier molecular flexibility index (Phi) is 6.05. The first-order valence-corrected chi connectivity index (χ1v) is 8.08. The summed E-state index contributed by atoms with van der Waals surface area (Å²) >= 11 is 0. The lowest BCUT2D eigenvalue weighted by Crippen LogP contribution is -2.27. The summed E-state index contributed by atoms with van der Waals surface area (Å²) in [6, 6.07) is 0.446. The van der Waals surface area contributed by atoms with Crippen LogP contribution < -0.4 is 5.32 Å². The van der Waals surface area contributed by atoms with Crippen LogP contribution in [0.5, 0.6) is 0 Å². The van der Waals surface area contributed by atoms with Crippen molar-refractivity contribution in [2.24, 2.45) is 13.0 Å². The number of nitrogens with one attached hydrogen (secondary N) is 1. The molecule has 1 atom stereocenters. The average Bonchev–Trinajstić information content (AvgIpc) is 2.85. The van der Waals surface area contributed by atoms with Crippen molar-refractivity contribution in [3.8, 4) is 0 Å². The molecule has 2 rings (SSSR count). The molecule has 1 aliphatic heterocycles. The van der Waals surface area contributed by atoms with Crippen molar-refractivity contribution in [3.05, 3.63) is 17.5 Å². The highest BCUT2D eigenvalue weighted by atomic mass is 16.5.